The molecule has 72 valence electrons. The van der Waals surface area contributed by atoms with E-state index in [0.29, 0.717) is 18.0 Å². The molecule has 0 saturated heterocycles. The normalized spacial score (nSPS) is 26.8. The first kappa shape index (κ1) is 8.75. The van der Waals surface area contributed by atoms with Crippen LogP contribution in [-0.2, 0) is 6.42 Å². The van der Waals surface area contributed by atoms with Gasteiger partial charge in [-0.1, -0.05) is 13.8 Å². The molecule has 2 unspecified atom stereocenters. The number of hydrogen-bond acceptors (Lipinski definition) is 2. The fourth-order valence-corrected chi connectivity index (χ4v) is 1.73. The van der Waals surface area contributed by atoms with Crippen LogP contribution in [0.25, 0.3) is 0 Å². The molecule has 2 rings (SSSR count). The second kappa shape index (κ2) is 3.14. The van der Waals surface area contributed by atoms with Crippen molar-refractivity contribution in [2.24, 2.45) is 11.7 Å². The van der Waals surface area contributed by atoms with Gasteiger partial charge >= 0.3 is 0 Å². The van der Waals surface area contributed by atoms with Crippen LogP contribution < -0.4 is 5.73 Å². The minimum atomic E-state index is 0.361. The van der Waals surface area contributed by atoms with Gasteiger partial charge < -0.3 is 10.3 Å². The van der Waals surface area contributed by atoms with Crippen molar-refractivity contribution in [3.8, 4) is 0 Å². The van der Waals surface area contributed by atoms with Crippen molar-refractivity contribution in [3.05, 3.63) is 18.2 Å². The van der Waals surface area contributed by atoms with Gasteiger partial charge in [0, 0.05) is 17.9 Å². The molecular weight excluding hydrogens is 162 g/mol. The molecule has 0 spiro atoms. The summed E-state index contributed by atoms with van der Waals surface area (Å²) in [5, 5.41) is 0. The Kier molecular flexibility index (Phi) is 2.12. The number of aromatic nitrogens is 2. The molecule has 1 aromatic heterocycles. The highest BCUT2D eigenvalue weighted by molar-refractivity contribution is 5.08. The monoisotopic (exact) mass is 179 g/mol. The number of nitrogens with zero attached hydrogens (tertiary/aromatic N) is 2. The average molecular weight is 179 g/mol. The standard InChI is InChI=1S/C10H17N3/c1-7(2)3-8-5-12-6-13(8)10-4-9(10)11/h5-7,9-10H,3-4,11H2,1-2H3. The van der Waals surface area contributed by atoms with Gasteiger partial charge in [-0.25, -0.2) is 4.98 Å². The van der Waals surface area contributed by atoms with E-state index in [4.69, 9.17) is 5.73 Å². The van der Waals surface area contributed by atoms with Gasteiger partial charge in [-0.15, -0.1) is 0 Å². The van der Waals surface area contributed by atoms with E-state index < -0.39 is 0 Å². The molecule has 0 aromatic carbocycles. The summed E-state index contributed by atoms with van der Waals surface area (Å²) in [6, 6.07) is 0.886. The van der Waals surface area contributed by atoms with Gasteiger partial charge in [0.05, 0.1) is 12.4 Å². The Balaban J connectivity index is 2.12. The molecular formula is C10H17N3. The maximum absolute atomic E-state index is 5.81. The van der Waals surface area contributed by atoms with Crippen molar-refractivity contribution >= 4 is 0 Å². The van der Waals surface area contributed by atoms with E-state index in [1.54, 1.807) is 0 Å². The van der Waals surface area contributed by atoms with Gasteiger partial charge in [0.2, 0.25) is 0 Å². The van der Waals surface area contributed by atoms with Crippen molar-refractivity contribution in [1.29, 1.82) is 0 Å². The molecule has 1 aliphatic carbocycles. The van der Waals surface area contributed by atoms with Crippen molar-refractivity contribution in [2.75, 3.05) is 0 Å². The molecule has 0 radical (unpaired) electrons. The lowest BCUT2D eigenvalue weighted by atomic mass is 10.1. The fraction of sp³-hybridized carbons (Fsp3) is 0.700. The van der Waals surface area contributed by atoms with Crippen molar-refractivity contribution in [1.82, 2.24) is 9.55 Å². The molecule has 0 aliphatic heterocycles. The van der Waals surface area contributed by atoms with E-state index >= 15 is 0 Å². The van der Waals surface area contributed by atoms with Gasteiger partial charge in [0.15, 0.2) is 0 Å². The average Bonchev–Trinajstić information content (AvgIpc) is 2.60. The lowest BCUT2D eigenvalue weighted by molar-refractivity contribution is 0.587. The first-order valence-corrected chi connectivity index (χ1v) is 4.94. The smallest absolute Gasteiger partial charge is 0.0951 e. The highest BCUT2D eigenvalue weighted by atomic mass is 15.1. The van der Waals surface area contributed by atoms with Crippen molar-refractivity contribution in [2.45, 2.75) is 38.8 Å². The molecule has 3 heteroatoms. The molecule has 0 bridgehead atoms. The molecule has 1 fully saturated rings. The van der Waals surface area contributed by atoms with Crippen LogP contribution in [0, 0.1) is 5.92 Å². The Hall–Kier alpha value is -0.830. The van der Waals surface area contributed by atoms with Crippen molar-refractivity contribution in [3.63, 3.8) is 0 Å². The van der Waals surface area contributed by atoms with E-state index in [9.17, 15) is 0 Å². The minimum Gasteiger partial charge on any atom is -0.330 e. The van der Waals surface area contributed by atoms with Crippen LogP contribution in [0.3, 0.4) is 0 Å². The number of hydrogen-bond donors (Lipinski definition) is 1. The maximum Gasteiger partial charge on any atom is 0.0951 e. The van der Waals surface area contributed by atoms with Crippen LogP contribution in [0.2, 0.25) is 0 Å². The number of rotatable bonds is 3. The van der Waals surface area contributed by atoms with Crippen LogP contribution in [0.5, 0.6) is 0 Å². The Morgan fingerprint density at radius 1 is 1.69 bits per heavy atom. The van der Waals surface area contributed by atoms with E-state index in [1.807, 2.05) is 12.5 Å². The summed E-state index contributed by atoms with van der Waals surface area (Å²) in [4.78, 5) is 4.18. The summed E-state index contributed by atoms with van der Waals surface area (Å²) in [5.41, 5.74) is 7.14. The Labute approximate surface area is 79.0 Å². The second-order valence-electron chi connectivity index (χ2n) is 4.36. The third-order valence-electron chi connectivity index (χ3n) is 2.53. The summed E-state index contributed by atoms with van der Waals surface area (Å²) < 4.78 is 2.24. The second-order valence-corrected chi connectivity index (χ2v) is 4.36. The first-order chi connectivity index (χ1) is 6.18. The molecule has 1 aromatic rings. The highest BCUT2D eigenvalue weighted by Gasteiger charge is 2.36. The summed E-state index contributed by atoms with van der Waals surface area (Å²) in [6.07, 6.45) is 6.09. The molecule has 0 amide bonds. The first-order valence-electron chi connectivity index (χ1n) is 4.94. The van der Waals surface area contributed by atoms with Gasteiger partial charge in [-0.05, 0) is 18.8 Å². The zero-order valence-electron chi connectivity index (χ0n) is 8.27. The molecule has 13 heavy (non-hydrogen) atoms. The molecule has 1 aliphatic rings. The third kappa shape index (κ3) is 1.75. The van der Waals surface area contributed by atoms with Crippen molar-refractivity contribution < 1.29 is 0 Å². The third-order valence-corrected chi connectivity index (χ3v) is 2.53. The van der Waals surface area contributed by atoms with Crippen LogP contribution in [0.1, 0.15) is 32.0 Å². The summed E-state index contributed by atoms with van der Waals surface area (Å²) in [6.45, 7) is 4.45. The number of imidazole rings is 1. The van der Waals surface area contributed by atoms with Gasteiger partial charge in [0.25, 0.3) is 0 Å². The minimum absolute atomic E-state index is 0.361. The zero-order valence-corrected chi connectivity index (χ0v) is 8.27. The summed E-state index contributed by atoms with van der Waals surface area (Å²) in [7, 11) is 0. The Morgan fingerprint density at radius 2 is 2.38 bits per heavy atom. The topological polar surface area (TPSA) is 43.8 Å². The van der Waals surface area contributed by atoms with E-state index in [2.05, 4.69) is 23.4 Å². The molecule has 2 atom stereocenters. The predicted octanol–water partition coefficient (Wildman–Crippen LogP) is 1.35. The molecule has 2 N–H and O–H groups in total. The lowest BCUT2D eigenvalue weighted by Gasteiger charge is -2.08. The van der Waals surface area contributed by atoms with Crippen LogP contribution in [0.15, 0.2) is 12.5 Å². The Morgan fingerprint density at radius 3 is 2.92 bits per heavy atom. The zero-order chi connectivity index (χ0) is 9.42. The van der Waals surface area contributed by atoms with Crippen LogP contribution in [-0.4, -0.2) is 15.6 Å². The number of nitrogens with two attached hydrogens (primary N) is 1. The quantitative estimate of drug-likeness (QED) is 0.761. The molecule has 1 saturated carbocycles. The predicted molar refractivity (Wildman–Crippen MR) is 52.4 cm³/mol. The van der Waals surface area contributed by atoms with E-state index in [-0.39, 0.29) is 0 Å². The SMILES string of the molecule is CC(C)Cc1cncn1C1CC1N. The lowest BCUT2D eigenvalue weighted by Crippen LogP contribution is -2.09. The van der Waals surface area contributed by atoms with Gasteiger partial charge in [0.1, 0.15) is 0 Å². The fourth-order valence-electron chi connectivity index (χ4n) is 1.73. The largest absolute Gasteiger partial charge is 0.330 e. The molecule has 3 nitrogen and oxygen atoms in total. The van der Waals surface area contributed by atoms with E-state index in [0.717, 1.165) is 12.8 Å². The molecule has 1 heterocycles. The van der Waals surface area contributed by atoms with E-state index in [1.165, 1.54) is 5.69 Å². The maximum atomic E-state index is 5.81. The Bertz CT molecular complexity index is 290. The highest BCUT2D eigenvalue weighted by Crippen LogP contribution is 2.34. The van der Waals surface area contributed by atoms with Crippen LogP contribution >= 0.6 is 0 Å². The summed E-state index contributed by atoms with van der Waals surface area (Å²) in [5.74, 6) is 0.686. The summed E-state index contributed by atoms with van der Waals surface area (Å²) >= 11 is 0. The van der Waals surface area contributed by atoms with Gasteiger partial charge in [-0.3, -0.25) is 0 Å². The van der Waals surface area contributed by atoms with Crippen LogP contribution in [0.4, 0.5) is 0 Å². The van der Waals surface area contributed by atoms with Gasteiger partial charge in [-0.2, -0.15) is 0 Å².